The van der Waals surface area contributed by atoms with E-state index in [1.165, 1.54) is 12.8 Å². The molecular weight excluding hydrogens is 250 g/mol. The van der Waals surface area contributed by atoms with Crippen LogP contribution in [0.5, 0.6) is 5.75 Å². The van der Waals surface area contributed by atoms with E-state index < -0.39 is 0 Å². The van der Waals surface area contributed by atoms with Gasteiger partial charge in [0, 0.05) is 18.5 Å². The molecule has 0 aliphatic heterocycles. The van der Waals surface area contributed by atoms with E-state index in [9.17, 15) is 5.11 Å². The molecule has 1 N–H and O–H groups in total. The molecule has 1 fully saturated rings. The number of nitrogens with zero attached hydrogens (tertiary/aromatic N) is 3. The van der Waals surface area contributed by atoms with Crippen molar-refractivity contribution in [2.45, 2.75) is 25.7 Å². The van der Waals surface area contributed by atoms with Crippen LogP contribution in [-0.4, -0.2) is 19.9 Å². The summed E-state index contributed by atoms with van der Waals surface area (Å²) in [7, 11) is 1.92. The topological polar surface area (TPSA) is 50.9 Å². The molecule has 0 saturated heterocycles. The standard InChI is InChI=1S/C13H14ClN3O/c1-7-5-11(18)10(14)6-9(7)12-15-13(8-3-4-8)17(2)16-12/h5-6,8,18H,3-4H2,1-2H3. The summed E-state index contributed by atoms with van der Waals surface area (Å²) in [5, 5.41) is 14.3. The maximum Gasteiger partial charge on any atom is 0.181 e. The fraction of sp³-hybridized carbons (Fsp3) is 0.385. The van der Waals surface area contributed by atoms with Crippen molar-refractivity contribution in [1.29, 1.82) is 0 Å². The molecule has 4 nitrogen and oxygen atoms in total. The van der Waals surface area contributed by atoms with Gasteiger partial charge in [0.05, 0.1) is 5.02 Å². The average Bonchev–Trinajstić information content (AvgIpc) is 3.08. The van der Waals surface area contributed by atoms with Gasteiger partial charge in [0.25, 0.3) is 0 Å². The molecule has 0 unspecified atom stereocenters. The molecule has 5 heteroatoms. The predicted octanol–water partition coefficient (Wildman–Crippen LogP) is 3.03. The number of benzene rings is 1. The fourth-order valence-electron chi connectivity index (χ4n) is 2.11. The van der Waals surface area contributed by atoms with Crippen LogP contribution in [0.4, 0.5) is 0 Å². The Morgan fingerprint density at radius 3 is 2.78 bits per heavy atom. The Bertz CT molecular complexity index is 617. The number of aromatic hydroxyl groups is 1. The average molecular weight is 264 g/mol. The smallest absolute Gasteiger partial charge is 0.181 e. The second kappa shape index (κ2) is 3.99. The predicted molar refractivity (Wildman–Crippen MR) is 69.8 cm³/mol. The van der Waals surface area contributed by atoms with Crippen molar-refractivity contribution >= 4 is 11.6 Å². The SMILES string of the molecule is Cc1cc(O)c(Cl)cc1-c1nc(C2CC2)n(C)n1. The monoisotopic (exact) mass is 263 g/mol. The third kappa shape index (κ3) is 1.86. The second-order valence-electron chi connectivity index (χ2n) is 4.81. The Balaban J connectivity index is 2.09. The van der Waals surface area contributed by atoms with E-state index in [2.05, 4.69) is 10.1 Å². The molecule has 94 valence electrons. The van der Waals surface area contributed by atoms with Crippen LogP contribution in [0.2, 0.25) is 5.02 Å². The number of phenolic OH excluding ortho intramolecular Hbond substituents is 1. The summed E-state index contributed by atoms with van der Waals surface area (Å²) in [4.78, 5) is 4.59. The van der Waals surface area contributed by atoms with E-state index in [0.717, 1.165) is 17.0 Å². The lowest BCUT2D eigenvalue weighted by Crippen LogP contribution is -1.96. The summed E-state index contributed by atoms with van der Waals surface area (Å²) in [6.07, 6.45) is 2.39. The van der Waals surface area contributed by atoms with Gasteiger partial charge in [-0.05, 0) is 37.5 Å². The Kier molecular flexibility index (Phi) is 2.55. The first kappa shape index (κ1) is 11.5. The molecule has 1 aliphatic carbocycles. The van der Waals surface area contributed by atoms with Crippen LogP contribution in [0.25, 0.3) is 11.4 Å². The summed E-state index contributed by atoms with van der Waals surface area (Å²) in [5.74, 6) is 2.37. The molecule has 1 aliphatic rings. The molecule has 0 bridgehead atoms. The lowest BCUT2D eigenvalue weighted by molar-refractivity contribution is 0.475. The van der Waals surface area contributed by atoms with Gasteiger partial charge in [0.2, 0.25) is 0 Å². The van der Waals surface area contributed by atoms with Crippen LogP contribution in [-0.2, 0) is 7.05 Å². The highest BCUT2D eigenvalue weighted by molar-refractivity contribution is 6.32. The van der Waals surface area contributed by atoms with Crippen LogP contribution in [0.15, 0.2) is 12.1 Å². The zero-order chi connectivity index (χ0) is 12.9. The summed E-state index contributed by atoms with van der Waals surface area (Å²) in [6.45, 7) is 1.92. The third-order valence-electron chi connectivity index (χ3n) is 3.27. The molecule has 0 radical (unpaired) electrons. The van der Waals surface area contributed by atoms with Gasteiger partial charge in [-0.3, -0.25) is 4.68 Å². The molecule has 18 heavy (non-hydrogen) atoms. The molecule has 1 aromatic carbocycles. The Labute approximate surface area is 110 Å². The lowest BCUT2D eigenvalue weighted by Gasteiger charge is -2.04. The van der Waals surface area contributed by atoms with E-state index >= 15 is 0 Å². The molecule has 2 aromatic rings. The highest BCUT2D eigenvalue weighted by Gasteiger charge is 2.29. The van der Waals surface area contributed by atoms with Crippen molar-refractivity contribution in [3.8, 4) is 17.1 Å². The van der Waals surface area contributed by atoms with E-state index in [-0.39, 0.29) is 5.75 Å². The summed E-state index contributed by atoms with van der Waals surface area (Å²) in [5.41, 5.74) is 1.80. The minimum absolute atomic E-state index is 0.0938. The quantitative estimate of drug-likeness (QED) is 0.906. The van der Waals surface area contributed by atoms with Crippen molar-refractivity contribution < 1.29 is 5.11 Å². The summed E-state index contributed by atoms with van der Waals surface area (Å²) >= 11 is 5.94. The van der Waals surface area contributed by atoms with Crippen LogP contribution in [0.3, 0.4) is 0 Å². The molecule has 3 rings (SSSR count). The van der Waals surface area contributed by atoms with Crippen molar-refractivity contribution in [3.63, 3.8) is 0 Å². The van der Waals surface area contributed by atoms with Gasteiger partial charge in [-0.1, -0.05) is 11.6 Å². The van der Waals surface area contributed by atoms with E-state index in [4.69, 9.17) is 11.6 Å². The van der Waals surface area contributed by atoms with E-state index in [1.807, 2.05) is 18.7 Å². The van der Waals surface area contributed by atoms with Crippen LogP contribution < -0.4 is 0 Å². The molecule has 0 spiro atoms. The maximum atomic E-state index is 9.55. The van der Waals surface area contributed by atoms with E-state index in [1.54, 1.807) is 12.1 Å². The molecule has 0 atom stereocenters. The second-order valence-corrected chi connectivity index (χ2v) is 5.22. The Morgan fingerprint density at radius 1 is 1.39 bits per heavy atom. The highest BCUT2D eigenvalue weighted by Crippen LogP contribution is 2.40. The fourth-order valence-corrected chi connectivity index (χ4v) is 2.28. The number of halogens is 1. The van der Waals surface area contributed by atoms with Crippen LogP contribution in [0.1, 0.15) is 30.1 Å². The first-order valence-corrected chi connectivity index (χ1v) is 6.34. The summed E-state index contributed by atoms with van der Waals surface area (Å²) < 4.78 is 1.84. The van der Waals surface area contributed by atoms with Gasteiger partial charge in [-0.2, -0.15) is 5.10 Å². The first-order chi connectivity index (χ1) is 8.56. The first-order valence-electron chi connectivity index (χ1n) is 5.96. The number of rotatable bonds is 2. The Morgan fingerprint density at radius 2 is 2.11 bits per heavy atom. The highest BCUT2D eigenvalue weighted by atomic mass is 35.5. The number of phenols is 1. The van der Waals surface area contributed by atoms with E-state index in [0.29, 0.717) is 16.8 Å². The largest absolute Gasteiger partial charge is 0.506 e. The van der Waals surface area contributed by atoms with Crippen molar-refractivity contribution in [3.05, 3.63) is 28.5 Å². The lowest BCUT2D eigenvalue weighted by atomic mass is 10.1. The van der Waals surface area contributed by atoms with Crippen LogP contribution in [0, 0.1) is 6.92 Å². The van der Waals surface area contributed by atoms with Gasteiger partial charge >= 0.3 is 0 Å². The third-order valence-corrected chi connectivity index (χ3v) is 3.58. The number of aromatic nitrogens is 3. The molecule has 1 aromatic heterocycles. The molecule has 1 saturated carbocycles. The maximum absolute atomic E-state index is 9.55. The molecule has 1 heterocycles. The minimum Gasteiger partial charge on any atom is -0.506 e. The number of hydrogen-bond donors (Lipinski definition) is 1. The normalized spacial score (nSPS) is 15.1. The van der Waals surface area contributed by atoms with Crippen molar-refractivity contribution in [1.82, 2.24) is 14.8 Å². The van der Waals surface area contributed by atoms with Crippen molar-refractivity contribution in [2.24, 2.45) is 7.05 Å². The zero-order valence-electron chi connectivity index (χ0n) is 10.3. The van der Waals surface area contributed by atoms with Crippen molar-refractivity contribution in [2.75, 3.05) is 0 Å². The van der Waals surface area contributed by atoms with Crippen LogP contribution >= 0.6 is 11.6 Å². The Hall–Kier alpha value is -1.55. The van der Waals surface area contributed by atoms with Gasteiger partial charge in [0.1, 0.15) is 11.6 Å². The number of hydrogen-bond acceptors (Lipinski definition) is 3. The zero-order valence-corrected chi connectivity index (χ0v) is 11.1. The van der Waals surface area contributed by atoms with Gasteiger partial charge in [-0.15, -0.1) is 0 Å². The summed E-state index contributed by atoms with van der Waals surface area (Å²) in [6, 6.07) is 3.36. The minimum atomic E-state index is 0.0938. The molecule has 0 amide bonds. The van der Waals surface area contributed by atoms with Gasteiger partial charge in [0.15, 0.2) is 5.82 Å². The van der Waals surface area contributed by atoms with Gasteiger partial charge in [-0.25, -0.2) is 4.98 Å². The van der Waals surface area contributed by atoms with Gasteiger partial charge < -0.3 is 5.11 Å². The number of aryl methyl sites for hydroxylation is 2. The molecular formula is C13H14ClN3O.